The van der Waals surface area contributed by atoms with Crippen molar-refractivity contribution in [2.24, 2.45) is 7.05 Å². The van der Waals surface area contributed by atoms with Crippen LogP contribution in [0.5, 0.6) is 0 Å². The third kappa shape index (κ3) is 2.92. The van der Waals surface area contributed by atoms with E-state index in [0.29, 0.717) is 6.04 Å². The molecule has 0 aliphatic carbocycles. The van der Waals surface area contributed by atoms with Gasteiger partial charge in [0.05, 0.1) is 17.9 Å². The Balaban J connectivity index is 0.00000169. The van der Waals surface area contributed by atoms with Crippen LogP contribution < -0.4 is 5.32 Å². The molecule has 6 nitrogen and oxygen atoms in total. The van der Waals surface area contributed by atoms with Crippen molar-refractivity contribution in [3.8, 4) is 0 Å². The summed E-state index contributed by atoms with van der Waals surface area (Å²) in [7, 11) is 2.06. The van der Waals surface area contributed by atoms with Gasteiger partial charge < -0.3 is 14.3 Å². The molecule has 1 aliphatic heterocycles. The lowest BCUT2D eigenvalue weighted by atomic mass is 10.1. The topological polar surface area (TPSA) is 50.4 Å². The summed E-state index contributed by atoms with van der Waals surface area (Å²) in [5, 5.41) is 3.49. The fourth-order valence-electron chi connectivity index (χ4n) is 3.42. The lowest BCUT2D eigenvalue weighted by Gasteiger charge is -2.35. The fraction of sp³-hybridized carbons (Fsp3) is 0.412. The maximum Gasteiger partial charge on any atom is 0.139 e. The third-order valence-electron chi connectivity index (χ3n) is 4.68. The number of nitrogens with one attached hydrogen (secondary N) is 1. The van der Waals surface area contributed by atoms with Crippen LogP contribution in [0.3, 0.4) is 0 Å². The van der Waals surface area contributed by atoms with Crippen LogP contribution in [0.4, 0.5) is 0 Å². The predicted molar refractivity (Wildman–Crippen MR) is 96.4 cm³/mol. The Morgan fingerprint density at radius 1 is 1.29 bits per heavy atom. The van der Waals surface area contributed by atoms with Gasteiger partial charge in [-0.25, -0.2) is 9.97 Å². The van der Waals surface area contributed by atoms with Crippen LogP contribution in [0.2, 0.25) is 0 Å². The first-order valence-corrected chi connectivity index (χ1v) is 8.07. The van der Waals surface area contributed by atoms with Crippen molar-refractivity contribution in [2.75, 3.05) is 19.6 Å². The fourth-order valence-corrected chi connectivity index (χ4v) is 3.42. The van der Waals surface area contributed by atoms with E-state index < -0.39 is 0 Å². The van der Waals surface area contributed by atoms with Gasteiger partial charge in [-0.05, 0) is 18.6 Å². The number of fused-ring (bicyclic) bond motifs is 1. The monoisotopic (exact) mass is 346 g/mol. The minimum Gasteiger partial charge on any atom is -0.337 e. The Kier molecular flexibility index (Phi) is 4.89. The molecule has 7 heteroatoms. The average Bonchev–Trinajstić information content (AvgIpc) is 3.16. The number of pyridine rings is 1. The molecular weight excluding hydrogens is 324 g/mol. The molecule has 1 aliphatic rings. The predicted octanol–water partition coefficient (Wildman–Crippen LogP) is 1.94. The van der Waals surface area contributed by atoms with Gasteiger partial charge >= 0.3 is 0 Å². The number of halogens is 1. The van der Waals surface area contributed by atoms with E-state index in [1.165, 1.54) is 11.3 Å². The molecule has 1 N–H and O–H groups in total. The van der Waals surface area contributed by atoms with Crippen molar-refractivity contribution in [3.05, 3.63) is 54.0 Å². The second-order valence-electron chi connectivity index (χ2n) is 6.22. The van der Waals surface area contributed by atoms with Crippen molar-refractivity contribution >= 4 is 18.1 Å². The van der Waals surface area contributed by atoms with Crippen LogP contribution in [0.1, 0.15) is 23.1 Å². The smallest absolute Gasteiger partial charge is 0.139 e. The van der Waals surface area contributed by atoms with Crippen molar-refractivity contribution < 1.29 is 0 Å². The van der Waals surface area contributed by atoms with E-state index >= 15 is 0 Å². The molecule has 1 atom stereocenters. The van der Waals surface area contributed by atoms with Gasteiger partial charge in [-0.2, -0.15) is 0 Å². The third-order valence-corrected chi connectivity index (χ3v) is 4.68. The van der Waals surface area contributed by atoms with Gasteiger partial charge in [-0.3, -0.25) is 4.90 Å². The number of imidazole rings is 2. The molecule has 1 fully saturated rings. The molecule has 0 bridgehead atoms. The Bertz CT molecular complexity index is 823. The van der Waals surface area contributed by atoms with Crippen LogP contribution in [0.15, 0.2) is 36.9 Å². The number of hydrogen-bond donors (Lipinski definition) is 1. The number of aromatic nitrogens is 4. The van der Waals surface area contributed by atoms with Crippen molar-refractivity contribution in [1.82, 2.24) is 29.2 Å². The number of nitrogens with zero attached hydrogens (tertiary/aromatic N) is 5. The first-order chi connectivity index (χ1) is 11.2. The number of rotatable bonds is 3. The molecule has 0 spiro atoms. The summed E-state index contributed by atoms with van der Waals surface area (Å²) in [6.07, 6.45) is 7.99. The zero-order valence-corrected chi connectivity index (χ0v) is 14.8. The van der Waals surface area contributed by atoms with Crippen LogP contribution >= 0.6 is 12.4 Å². The molecule has 1 saturated heterocycles. The Hall–Kier alpha value is -1.89. The minimum absolute atomic E-state index is 0. The second kappa shape index (κ2) is 6.93. The van der Waals surface area contributed by atoms with E-state index in [4.69, 9.17) is 0 Å². The van der Waals surface area contributed by atoms with Crippen molar-refractivity contribution in [1.29, 1.82) is 0 Å². The van der Waals surface area contributed by atoms with Gasteiger partial charge in [0, 0.05) is 51.8 Å². The van der Waals surface area contributed by atoms with Crippen LogP contribution in [0.25, 0.3) is 5.65 Å². The summed E-state index contributed by atoms with van der Waals surface area (Å²) in [6.45, 7) is 5.94. The molecule has 3 aromatic heterocycles. The molecule has 4 rings (SSSR count). The zero-order valence-electron chi connectivity index (χ0n) is 14.0. The number of hydrogen-bond acceptors (Lipinski definition) is 4. The van der Waals surface area contributed by atoms with Crippen LogP contribution in [-0.4, -0.2) is 43.5 Å². The molecule has 128 valence electrons. The van der Waals surface area contributed by atoms with Gasteiger partial charge in [-0.1, -0.05) is 6.07 Å². The van der Waals surface area contributed by atoms with Crippen molar-refractivity contribution in [3.63, 3.8) is 0 Å². The van der Waals surface area contributed by atoms with E-state index in [9.17, 15) is 0 Å². The summed E-state index contributed by atoms with van der Waals surface area (Å²) < 4.78 is 4.32. The van der Waals surface area contributed by atoms with Gasteiger partial charge in [0.15, 0.2) is 0 Å². The lowest BCUT2D eigenvalue weighted by molar-refractivity contribution is 0.142. The molecule has 1 unspecified atom stereocenters. The van der Waals surface area contributed by atoms with E-state index in [-0.39, 0.29) is 12.4 Å². The summed E-state index contributed by atoms with van der Waals surface area (Å²) >= 11 is 0. The first kappa shape index (κ1) is 17.0. The molecule has 0 radical (unpaired) electrons. The zero-order chi connectivity index (χ0) is 15.8. The average molecular weight is 347 g/mol. The maximum absolute atomic E-state index is 4.59. The molecule has 3 aromatic rings. The Morgan fingerprint density at radius 2 is 2.17 bits per heavy atom. The van der Waals surface area contributed by atoms with Gasteiger partial charge in [0.1, 0.15) is 11.5 Å². The van der Waals surface area contributed by atoms with E-state index in [1.807, 2.05) is 18.6 Å². The summed E-state index contributed by atoms with van der Waals surface area (Å²) in [6, 6.07) is 4.48. The highest BCUT2D eigenvalue weighted by Crippen LogP contribution is 2.23. The normalized spacial score (nSPS) is 18.7. The van der Waals surface area contributed by atoms with Gasteiger partial charge in [0.25, 0.3) is 0 Å². The van der Waals surface area contributed by atoms with Gasteiger partial charge in [0.2, 0.25) is 0 Å². The molecule has 24 heavy (non-hydrogen) atoms. The van der Waals surface area contributed by atoms with E-state index in [0.717, 1.165) is 37.7 Å². The standard InChI is InChI=1S/C17H22N6.ClH/c1-13-4-3-7-23-14(10-20-16(13)23)12-22-9-5-18-11-15(22)17-19-6-8-21(17)2;/h3-4,6-8,10,15,18H,5,9,11-12H2,1-2H3;1H. The lowest BCUT2D eigenvalue weighted by Crippen LogP contribution is -2.46. The SMILES string of the molecule is Cc1cccn2c(CN3CCNCC3c3nccn3C)cnc12.Cl. The Labute approximate surface area is 147 Å². The maximum atomic E-state index is 4.59. The van der Waals surface area contributed by atoms with Crippen molar-refractivity contribution in [2.45, 2.75) is 19.5 Å². The highest BCUT2D eigenvalue weighted by atomic mass is 35.5. The molecule has 0 amide bonds. The second-order valence-corrected chi connectivity index (χ2v) is 6.22. The molecule has 0 saturated carbocycles. The van der Waals surface area contributed by atoms with Crippen LogP contribution in [0, 0.1) is 6.92 Å². The molecular formula is C17H23ClN6. The van der Waals surface area contributed by atoms with E-state index in [1.54, 1.807) is 0 Å². The van der Waals surface area contributed by atoms with E-state index in [2.05, 4.69) is 61.5 Å². The molecule has 0 aromatic carbocycles. The number of aryl methyl sites for hydroxylation is 2. The highest BCUT2D eigenvalue weighted by molar-refractivity contribution is 5.85. The quantitative estimate of drug-likeness (QED) is 0.787. The van der Waals surface area contributed by atoms with Crippen LogP contribution in [-0.2, 0) is 13.6 Å². The Morgan fingerprint density at radius 3 is 2.96 bits per heavy atom. The summed E-state index contributed by atoms with van der Waals surface area (Å²) in [5.41, 5.74) is 3.48. The first-order valence-electron chi connectivity index (χ1n) is 8.07. The largest absolute Gasteiger partial charge is 0.337 e. The van der Waals surface area contributed by atoms with Gasteiger partial charge in [-0.15, -0.1) is 12.4 Å². The number of piperazine rings is 1. The minimum atomic E-state index is 0. The summed E-state index contributed by atoms with van der Waals surface area (Å²) in [5.74, 6) is 1.11. The molecule has 4 heterocycles. The highest BCUT2D eigenvalue weighted by Gasteiger charge is 2.27. The summed E-state index contributed by atoms with van der Waals surface area (Å²) in [4.78, 5) is 11.6.